The number of aromatic nitrogens is 3. The molecule has 0 aliphatic rings. The lowest BCUT2D eigenvalue weighted by molar-refractivity contribution is 0.102. The Bertz CT molecular complexity index is 999. The summed E-state index contributed by atoms with van der Waals surface area (Å²) in [6.45, 7) is 0. The second-order valence-electron chi connectivity index (χ2n) is 5.17. The van der Waals surface area contributed by atoms with E-state index in [0.717, 1.165) is 17.1 Å². The summed E-state index contributed by atoms with van der Waals surface area (Å²) in [7, 11) is 0. The fourth-order valence-electron chi connectivity index (χ4n) is 2.18. The predicted molar refractivity (Wildman–Crippen MR) is 102 cm³/mol. The second-order valence-corrected chi connectivity index (χ2v) is 6.78. The molecule has 0 aliphatic carbocycles. The van der Waals surface area contributed by atoms with Crippen molar-refractivity contribution in [3.05, 3.63) is 71.7 Å². The van der Waals surface area contributed by atoms with Crippen LogP contribution in [0.2, 0.25) is 0 Å². The molecule has 6 nitrogen and oxygen atoms in total. The zero-order valence-corrected chi connectivity index (χ0v) is 15.0. The first-order valence-electron chi connectivity index (χ1n) is 7.66. The van der Waals surface area contributed by atoms with Crippen LogP contribution in [0.5, 0.6) is 10.9 Å². The Kier molecular flexibility index (Phi) is 4.67. The van der Waals surface area contributed by atoms with Gasteiger partial charge in [-0.05, 0) is 24.3 Å². The van der Waals surface area contributed by atoms with Crippen molar-refractivity contribution in [3.63, 3.8) is 0 Å². The van der Waals surface area contributed by atoms with Crippen LogP contribution in [0.25, 0.3) is 11.4 Å². The maximum atomic E-state index is 12.4. The standard InChI is InChI=1S/C18H12N4O2S2/c23-16(13-6-8-14(9-7-13)24-18-19-10-11-25-18)21-17-20-15(22-26-17)12-4-2-1-3-5-12/h1-11H,(H,20,21,22,23). The molecular weight excluding hydrogens is 368 g/mol. The number of nitrogens with zero attached hydrogens (tertiary/aromatic N) is 3. The van der Waals surface area contributed by atoms with Crippen molar-refractivity contribution in [2.24, 2.45) is 0 Å². The van der Waals surface area contributed by atoms with E-state index in [9.17, 15) is 4.79 Å². The molecule has 0 fully saturated rings. The third-order valence-corrected chi connectivity index (χ3v) is 4.69. The lowest BCUT2D eigenvalue weighted by Gasteiger charge is -2.04. The molecule has 0 radical (unpaired) electrons. The number of amides is 1. The van der Waals surface area contributed by atoms with Gasteiger partial charge in [-0.2, -0.15) is 9.36 Å². The number of hydrogen-bond donors (Lipinski definition) is 1. The largest absolute Gasteiger partial charge is 0.431 e. The van der Waals surface area contributed by atoms with Crippen LogP contribution in [-0.2, 0) is 0 Å². The first kappa shape index (κ1) is 16.4. The number of carbonyl (C=O) groups excluding carboxylic acids is 1. The number of benzene rings is 2. The number of thiazole rings is 1. The van der Waals surface area contributed by atoms with Gasteiger partial charge in [0.05, 0.1) is 0 Å². The number of carbonyl (C=O) groups is 1. The van der Waals surface area contributed by atoms with Gasteiger partial charge in [0, 0.05) is 34.2 Å². The highest BCUT2D eigenvalue weighted by Crippen LogP contribution is 2.24. The lowest BCUT2D eigenvalue weighted by atomic mass is 10.2. The molecule has 8 heteroatoms. The maximum Gasteiger partial charge on any atom is 0.278 e. The van der Waals surface area contributed by atoms with E-state index in [1.807, 2.05) is 35.7 Å². The average molecular weight is 380 g/mol. The topological polar surface area (TPSA) is 77.0 Å². The molecule has 26 heavy (non-hydrogen) atoms. The molecule has 0 bridgehead atoms. The fraction of sp³-hybridized carbons (Fsp3) is 0. The molecule has 1 amide bonds. The summed E-state index contributed by atoms with van der Waals surface area (Å²) in [5, 5.41) is 5.62. The van der Waals surface area contributed by atoms with Gasteiger partial charge >= 0.3 is 0 Å². The Morgan fingerprint density at radius 3 is 2.58 bits per heavy atom. The van der Waals surface area contributed by atoms with E-state index >= 15 is 0 Å². The monoisotopic (exact) mass is 380 g/mol. The molecule has 2 aromatic heterocycles. The van der Waals surface area contributed by atoms with Gasteiger partial charge < -0.3 is 4.74 Å². The van der Waals surface area contributed by atoms with Crippen molar-refractivity contribution in [1.29, 1.82) is 0 Å². The lowest BCUT2D eigenvalue weighted by Crippen LogP contribution is -2.11. The third-order valence-electron chi connectivity index (χ3n) is 3.41. The van der Waals surface area contributed by atoms with Crippen molar-refractivity contribution in [2.45, 2.75) is 0 Å². The Morgan fingerprint density at radius 1 is 1.04 bits per heavy atom. The summed E-state index contributed by atoms with van der Waals surface area (Å²) < 4.78 is 9.86. The minimum absolute atomic E-state index is 0.249. The molecule has 128 valence electrons. The molecule has 0 spiro atoms. The SMILES string of the molecule is O=C(Nc1nc(-c2ccccc2)ns1)c1ccc(Oc2nccs2)cc1. The number of nitrogens with one attached hydrogen (secondary N) is 1. The number of ether oxygens (including phenoxy) is 1. The summed E-state index contributed by atoms with van der Waals surface area (Å²) in [6.07, 6.45) is 1.67. The van der Waals surface area contributed by atoms with Crippen LogP contribution in [0.15, 0.2) is 66.2 Å². The quantitative estimate of drug-likeness (QED) is 0.543. The molecule has 0 saturated heterocycles. The highest BCUT2D eigenvalue weighted by molar-refractivity contribution is 7.11. The number of anilines is 1. The summed E-state index contributed by atoms with van der Waals surface area (Å²) >= 11 is 2.55. The Balaban J connectivity index is 1.42. The van der Waals surface area contributed by atoms with Crippen molar-refractivity contribution in [3.8, 4) is 22.3 Å². The minimum Gasteiger partial charge on any atom is -0.431 e. The van der Waals surface area contributed by atoms with Crippen LogP contribution < -0.4 is 10.1 Å². The van der Waals surface area contributed by atoms with Gasteiger partial charge in [-0.15, -0.1) is 0 Å². The molecule has 2 aromatic carbocycles. The van der Waals surface area contributed by atoms with E-state index < -0.39 is 0 Å². The molecule has 0 aliphatic heterocycles. The van der Waals surface area contributed by atoms with Crippen LogP contribution in [0, 0.1) is 0 Å². The smallest absolute Gasteiger partial charge is 0.278 e. The molecule has 2 heterocycles. The Morgan fingerprint density at radius 2 is 1.85 bits per heavy atom. The Labute approximate surface area is 157 Å². The highest BCUT2D eigenvalue weighted by atomic mass is 32.1. The molecule has 4 rings (SSSR count). The molecule has 0 saturated carbocycles. The normalized spacial score (nSPS) is 10.5. The second kappa shape index (κ2) is 7.42. The summed E-state index contributed by atoms with van der Waals surface area (Å²) in [6, 6.07) is 16.5. The zero-order valence-electron chi connectivity index (χ0n) is 13.3. The summed E-state index contributed by atoms with van der Waals surface area (Å²) in [5.74, 6) is 0.971. The third kappa shape index (κ3) is 3.76. The van der Waals surface area contributed by atoms with E-state index in [0.29, 0.717) is 27.5 Å². The van der Waals surface area contributed by atoms with Gasteiger partial charge in [-0.1, -0.05) is 41.7 Å². The maximum absolute atomic E-state index is 12.4. The highest BCUT2D eigenvalue weighted by Gasteiger charge is 2.11. The van der Waals surface area contributed by atoms with Crippen molar-refractivity contribution >= 4 is 33.9 Å². The van der Waals surface area contributed by atoms with Crippen molar-refractivity contribution in [2.75, 3.05) is 5.32 Å². The van der Waals surface area contributed by atoms with Gasteiger partial charge in [0.25, 0.3) is 11.1 Å². The van der Waals surface area contributed by atoms with Crippen molar-refractivity contribution < 1.29 is 9.53 Å². The van der Waals surface area contributed by atoms with Gasteiger partial charge in [0.2, 0.25) is 5.13 Å². The van der Waals surface area contributed by atoms with Gasteiger partial charge in [0.1, 0.15) is 5.75 Å². The van der Waals surface area contributed by atoms with Crippen molar-refractivity contribution in [1.82, 2.24) is 14.3 Å². The van der Waals surface area contributed by atoms with E-state index in [1.165, 1.54) is 11.3 Å². The van der Waals surface area contributed by atoms with Crippen LogP contribution in [0.4, 0.5) is 5.13 Å². The molecule has 1 N–H and O–H groups in total. The first-order valence-corrected chi connectivity index (χ1v) is 9.31. The fourth-order valence-corrected chi connectivity index (χ4v) is 3.27. The number of rotatable bonds is 5. The van der Waals surface area contributed by atoms with Crippen LogP contribution >= 0.6 is 22.9 Å². The Hall–Kier alpha value is -3.10. The van der Waals surface area contributed by atoms with Crippen LogP contribution in [0.3, 0.4) is 0 Å². The van der Waals surface area contributed by atoms with Gasteiger partial charge in [-0.25, -0.2) is 4.98 Å². The minimum atomic E-state index is -0.249. The summed E-state index contributed by atoms with van der Waals surface area (Å²) in [5.41, 5.74) is 1.42. The first-order chi connectivity index (χ1) is 12.8. The average Bonchev–Trinajstić information content (AvgIpc) is 3.35. The van der Waals surface area contributed by atoms with E-state index in [1.54, 1.807) is 30.5 Å². The predicted octanol–water partition coefficient (Wildman–Crippen LogP) is 4.71. The van der Waals surface area contributed by atoms with Crippen LogP contribution in [0.1, 0.15) is 10.4 Å². The van der Waals surface area contributed by atoms with Crippen LogP contribution in [-0.4, -0.2) is 20.2 Å². The van der Waals surface area contributed by atoms with E-state index in [4.69, 9.17) is 4.74 Å². The molecule has 0 atom stereocenters. The molecule has 0 unspecified atom stereocenters. The van der Waals surface area contributed by atoms with E-state index in [2.05, 4.69) is 19.7 Å². The molecule has 4 aromatic rings. The van der Waals surface area contributed by atoms with Gasteiger partial charge in [0.15, 0.2) is 5.82 Å². The number of hydrogen-bond acceptors (Lipinski definition) is 7. The van der Waals surface area contributed by atoms with Gasteiger partial charge in [-0.3, -0.25) is 10.1 Å². The molecular formula is C18H12N4O2S2. The zero-order chi connectivity index (χ0) is 17.8. The van der Waals surface area contributed by atoms with E-state index in [-0.39, 0.29) is 5.91 Å². The summed E-state index contributed by atoms with van der Waals surface area (Å²) in [4.78, 5) is 20.8.